The molecule has 4 aliphatic carbocycles. The van der Waals surface area contributed by atoms with Gasteiger partial charge in [0, 0.05) is 30.5 Å². The number of nitrogens with zero attached hydrogens (tertiary/aromatic N) is 2. The molecule has 0 amide bonds. The third-order valence-corrected chi connectivity index (χ3v) is 8.54. The van der Waals surface area contributed by atoms with Crippen LogP contribution in [0.4, 0.5) is 0 Å². The highest BCUT2D eigenvalue weighted by atomic mass is 16.6. The molecular formula is C21H32N2O2. The Balaban J connectivity index is 1.69. The molecule has 0 aromatic rings. The third-order valence-electron chi connectivity index (χ3n) is 8.54. The van der Waals surface area contributed by atoms with E-state index in [-0.39, 0.29) is 5.41 Å². The number of hydrogen-bond acceptors (Lipinski definition) is 4. The molecule has 6 atom stereocenters. The molecule has 4 aliphatic rings. The minimum Gasteiger partial charge on any atom is -0.399 e. The molecule has 4 heteroatoms. The highest BCUT2D eigenvalue weighted by Crippen LogP contribution is 2.64. The molecule has 138 valence electrons. The van der Waals surface area contributed by atoms with E-state index in [1.165, 1.54) is 24.3 Å². The first-order valence-electron chi connectivity index (χ1n) is 10.0. The van der Waals surface area contributed by atoms with Gasteiger partial charge in [0.25, 0.3) is 0 Å². The monoisotopic (exact) mass is 344 g/mol. The zero-order chi connectivity index (χ0) is 17.8. The Morgan fingerprint density at radius 2 is 1.88 bits per heavy atom. The van der Waals surface area contributed by atoms with Crippen LogP contribution in [0.3, 0.4) is 0 Å². The Bertz CT molecular complexity index is 640. The Hall–Kier alpha value is -1.19. The fraction of sp³-hybridized carbons (Fsp3) is 0.857. The number of rotatable bonds is 1. The molecule has 4 rings (SSSR count). The quantitative estimate of drug-likeness (QED) is 0.667. The van der Waals surface area contributed by atoms with E-state index in [0.29, 0.717) is 29.0 Å². The van der Waals surface area contributed by atoms with Crippen LogP contribution < -0.4 is 0 Å². The van der Waals surface area contributed by atoms with Crippen molar-refractivity contribution in [1.29, 1.82) is 0 Å². The van der Waals surface area contributed by atoms with Gasteiger partial charge in [0.15, 0.2) is 0 Å². The van der Waals surface area contributed by atoms with Crippen LogP contribution in [0.2, 0.25) is 0 Å². The molecule has 25 heavy (non-hydrogen) atoms. The molecular weight excluding hydrogens is 312 g/mol. The molecule has 0 aliphatic heterocycles. The molecule has 0 radical (unpaired) electrons. The molecule has 0 saturated heterocycles. The lowest BCUT2D eigenvalue weighted by molar-refractivity contribution is -0.133. The second-order valence-electron chi connectivity index (χ2n) is 9.32. The van der Waals surface area contributed by atoms with Crippen molar-refractivity contribution >= 4 is 17.2 Å². The molecule has 4 saturated carbocycles. The van der Waals surface area contributed by atoms with Crippen molar-refractivity contribution in [3.05, 3.63) is 0 Å². The molecule has 0 heterocycles. The van der Waals surface area contributed by atoms with E-state index in [1.807, 2.05) is 7.05 Å². The SMILES string of the molecule is CN=C1CC2C(CC[C@]3(C)C(=O)CCC23)[C@@]2(C)CC/C(=N/OC)CC12. The number of hydrogen-bond donors (Lipinski definition) is 0. The Kier molecular flexibility index (Phi) is 4.08. The van der Waals surface area contributed by atoms with Crippen LogP contribution in [0.1, 0.15) is 65.2 Å². The van der Waals surface area contributed by atoms with Gasteiger partial charge in [0.05, 0.1) is 5.71 Å². The summed E-state index contributed by atoms with van der Waals surface area (Å²) in [5.41, 5.74) is 2.81. The zero-order valence-corrected chi connectivity index (χ0v) is 16.2. The fourth-order valence-corrected chi connectivity index (χ4v) is 7.11. The van der Waals surface area contributed by atoms with Gasteiger partial charge in [-0.25, -0.2) is 0 Å². The van der Waals surface area contributed by atoms with Crippen LogP contribution in [-0.2, 0) is 9.63 Å². The summed E-state index contributed by atoms with van der Waals surface area (Å²) in [7, 11) is 3.60. The van der Waals surface area contributed by atoms with Crippen molar-refractivity contribution in [1.82, 2.24) is 0 Å². The lowest BCUT2D eigenvalue weighted by atomic mass is 9.45. The maximum absolute atomic E-state index is 12.6. The number of carbonyl (C=O) groups excluding carboxylic acids is 1. The zero-order valence-electron chi connectivity index (χ0n) is 16.2. The number of aliphatic imine (C=N–C) groups is 1. The fourth-order valence-electron chi connectivity index (χ4n) is 7.11. The first-order valence-corrected chi connectivity index (χ1v) is 10.0. The summed E-state index contributed by atoms with van der Waals surface area (Å²) >= 11 is 0. The predicted octanol–water partition coefficient (Wildman–Crippen LogP) is 4.28. The molecule has 0 aromatic carbocycles. The van der Waals surface area contributed by atoms with Crippen molar-refractivity contribution in [2.24, 2.45) is 44.6 Å². The topological polar surface area (TPSA) is 51.0 Å². The van der Waals surface area contributed by atoms with E-state index in [9.17, 15) is 4.79 Å². The van der Waals surface area contributed by atoms with Crippen molar-refractivity contribution in [3.8, 4) is 0 Å². The van der Waals surface area contributed by atoms with E-state index >= 15 is 0 Å². The first kappa shape index (κ1) is 17.2. The summed E-state index contributed by atoms with van der Waals surface area (Å²) < 4.78 is 0. The summed E-state index contributed by atoms with van der Waals surface area (Å²) in [4.78, 5) is 22.4. The van der Waals surface area contributed by atoms with Crippen molar-refractivity contribution in [3.63, 3.8) is 0 Å². The van der Waals surface area contributed by atoms with Gasteiger partial charge in [-0.15, -0.1) is 0 Å². The van der Waals surface area contributed by atoms with E-state index < -0.39 is 0 Å². The molecule has 4 fully saturated rings. The second kappa shape index (κ2) is 5.92. The highest BCUT2D eigenvalue weighted by Gasteiger charge is 2.61. The average Bonchev–Trinajstić information content (AvgIpc) is 2.90. The van der Waals surface area contributed by atoms with E-state index in [1.54, 1.807) is 7.11 Å². The van der Waals surface area contributed by atoms with Gasteiger partial charge in [0.2, 0.25) is 0 Å². The van der Waals surface area contributed by atoms with Gasteiger partial charge in [-0.3, -0.25) is 9.79 Å². The van der Waals surface area contributed by atoms with Gasteiger partial charge < -0.3 is 4.84 Å². The molecule has 4 nitrogen and oxygen atoms in total. The number of Topliss-reactive ketones (excluding diaryl/α,β-unsaturated/α-hetero) is 1. The minimum absolute atomic E-state index is 0.0550. The highest BCUT2D eigenvalue weighted by molar-refractivity contribution is 5.96. The van der Waals surface area contributed by atoms with Crippen LogP contribution in [0.25, 0.3) is 0 Å². The van der Waals surface area contributed by atoms with Crippen LogP contribution in [0, 0.1) is 34.5 Å². The third kappa shape index (κ3) is 2.35. The standard InChI is InChI=1S/C21H32N2O2/c1-20-9-7-13(23-25-4)11-17(20)18(22-3)12-14-15-5-6-19(24)21(15,2)10-8-16(14)20/h14-17H,5-12H2,1-4H3/b22-18?,23-13-/t14?,15?,16?,17?,20-,21+/m1/s1. The van der Waals surface area contributed by atoms with E-state index in [0.717, 1.165) is 44.4 Å². The summed E-state index contributed by atoms with van der Waals surface area (Å²) in [6.07, 6.45) is 8.52. The Morgan fingerprint density at radius 3 is 2.60 bits per heavy atom. The van der Waals surface area contributed by atoms with Crippen LogP contribution >= 0.6 is 0 Å². The smallest absolute Gasteiger partial charge is 0.139 e. The summed E-state index contributed by atoms with van der Waals surface area (Å²) in [5, 5.41) is 4.27. The van der Waals surface area contributed by atoms with E-state index in [2.05, 4.69) is 19.0 Å². The number of carbonyl (C=O) groups is 1. The molecule has 4 unspecified atom stereocenters. The largest absolute Gasteiger partial charge is 0.399 e. The molecule has 0 N–H and O–H groups in total. The van der Waals surface area contributed by atoms with Crippen LogP contribution in [-0.4, -0.2) is 31.4 Å². The van der Waals surface area contributed by atoms with Crippen molar-refractivity contribution < 1.29 is 9.63 Å². The molecule has 0 bridgehead atoms. The predicted molar refractivity (Wildman–Crippen MR) is 99.9 cm³/mol. The van der Waals surface area contributed by atoms with Crippen LogP contribution in [0.15, 0.2) is 10.1 Å². The maximum atomic E-state index is 12.6. The van der Waals surface area contributed by atoms with E-state index in [4.69, 9.17) is 9.83 Å². The maximum Gasteiger partial charge on any atom is 0.139 e. The lowest BCUT2D eigenvalue weighted by Gasteiger charge is -2.59. The number of oxime groups is 1. The molecule has 0 spiro atoms. The lowest BCUT2D eigenvalue weighted by Crippen LogP contribution is -2.56. The Morgan fingerprint density at radius 1 is 1.08 bits per heavy atom. The minimum atomic E-state index is -0.0550. The van der Waals surface area contributed by atoms with Gasteiger partial charge in [-0.05, 0) is 68.1 Å². The van der Waals surface area contributed by atoms with Gasteiger partial charge >= 0.3 is 0 Å². The van der Waals surface area contributed by atoms with Gasteiger partial charge in [-0.1, -0.05) is 19.0 Å². The average molecular weight is 344 g/mol. The molecule has 0 aromatic heterocycles. The first-order chi connectivity index (χ1) is 11.9. The second-order valence-corrected chi connectivity index (χ2v) is 9.32. The van der Waals surface area contributed by atoms with Gasteiger partial charge in [0.1, 0.15) is 12.9 Å². The van der Waals surface area contributed by atoms with Crippen molar-refractivity contribution in [2.75, 3.05) is 14.2 Å². The normalized spacial score (nSPS) is 49.7. The van der Waals surface area contributed by atoms with Crippen LogP contribution in [0.5, 0.6) is 0 Å². The summed E-state index contributed by atoms with van der Waals surface area (Å²) in [5.74, 6) is 2.98. The van der Waals surface area contributed by atoms with Crippen molar-refractivity contribution in [2.45, 2.75) is 65.2 Å². The number of ketones is 1. The Labute approximate surface area is 151 Å². The summed E-state index contributed by atoms with van der Waals surface area (Å²) in [6.45, 7) is 4.76. The number of fused-ring (bicyclic) bond motifs is 5. The summed E-state index contributed by atoms with van der Waals surface area (Å²) in [6, 6.07) is 0. The van der Waals surface area contributed by atoms with Gasteiger partial charge in [-0.2, -0.15) is 0 Å².